The fourth-order valence-corrected chi connectivity index (χ4v) is 2.50. The highest BCUT2D eigenvalue weighted by atomic mass is 16.6. The van der Waals surface area contributed by atoms with E-state index in [1.165, 1.54) is 0 Å². The number of hydrogen-bond acceptors (Lipinski definition) is 4. The SMILES string of the molecule is Cc1nn(C)c(C)c1C(=O)OC[C@@H]1CCC(C)(C)O1. The zero-order valence-electron chi connectivity index (χ0n) is 12.3. The van der Waals surface area contributed by atoms with Gasteiger partial charge >= 0.3 is 5.97 Å². The second kappa shape index (κ2) is 4.96. The van der Waals surface area contributed by atoms with E-state index >= 15 is 0 Å². The van der Waals surface area contributed by atoms with Crippen LogP contribution in [0.1, 0.15) is 48.4 Å². The molecule has 2 heterocycles. The fourth-order valence-electron chi connectivity index (χ4n) is 2.50. The van der Waals surface area contributed by atoms with Crippen LogP contribution in [0.15, 0.2) is 0 Å². The number of esters is 1. The van der Waals surface area contributed by atoms with Gasteiger partial charge < -0.3 is 9.47 Å². The van der Waals surface area contributed by atoms with Crippen LogP contribution in [-0.2, 0) is 16.5 Å². The third kappa shape index (κ3) is 2.97. The maximum Gasteiger partial charge on any atom is 0.341 e. The van der Waals surface area contributed by atoms with Crippen LogP contribution >= 0.6 is 0 Å². The topological polar surface area (TPSA) is 53.4 Å². The van der Waals surface area contributed by atoms with Crippen molar-refractivity contribution in [2.45, 2.75) is 52.2 Å². The second-order valence-electron chi connectivity index (χ2n) is 5.81. The molecule has 1 saturated heterocycles. The highest BCUT2D eigenvalue weighted by molar-refractivity contribution is 5.91. The highest BCUT2D eigenvalue weighted by Gasteiger charge is 2.32. The molecular weight excluding hydrogens is 244 g/mol. The van der Waals surface area contributed by atoms with Crippen molar-refractivity contribution in [3.05, 3.63) is 17.0 Å². The number of rotatable bonds is 3. The van der Waals surface area contributed by atoms with Crippen molar-refractivity contribution in [2.75, 3.05) is 6.61 Å². The van der Waals surface area contributed by atoms with Crippen molar-refractivity contribution < 1.29 is 14.3 Å². The molecule has 0 aliphatic carbocycles. The summed E-state index contributed by atoms with van der Waals surface area (Å²) in [6.07, 6.45) is 1.95. The molecule has 0 unspecified atom stereocenters. The Bertz CT molecular complexity index is 491. The molecule has 5 nitrogen and oxygen atoms in total. The summed E-state index contributed by atoms with van der Waals surface area (Å²) in [4.78, 5) is 12.1. The molecule has 0 radical (unpaired) electrons. The van der Waals surface area contributed by atoms with E-state index in [1.807, 2.05) is 20.9 Å². The standard InChI is InChI=1S/C14H22N2O3/c1-9-12(10(2)16(5)15-9)13(17)18-8-11-6-7-14(3,4)19-11/h11H,6-8H2,1-5H3/t11-/m0/s1. The predicted octanol–water partition coefficient (Wildman–Crippen LogP) is 2.15. The first kappa shape index (κ1) is 14.1. The number of nitrogens with zero attached hydrogens (tertiary/aromatic N) is 2. The van der Waals surface area contributed by atoms with E-state index in [0.717, 1.165) is 18.5 Å². The zero-order chi connectivity index (χ0) is 14.2. The molecule has 1 fully saturated rings. The first-order valence-electron chi connectivity index (χ1n) is 6.65. The normalized spacial score (nSPS) is 21.6. The monoisotopic (exact) mass is 266 g/mol. The number of ether oxygens (including phenoxy) is 2. The summed E-state index contributed by atoms with van der Waals surface area (Å²) in [6.45, 7) is 8.12. The number of carbonyl (C=O) groups excluding carboxylic acids is 1. The quantitative estimate of drug-likeness (QED) is 0.787. The largest absolute Gasteiger partial charge is 0.459 e. The van der Waals surface area contributed by atoms with E-state index in [0.29, 0.717) is 17.9 Å². The van der Waals surface area contributed by atoms with E-state index in [-0.39, 0.29) is 17.7 Å². The minimum absolute atomic E-state index is 0.0104. The summed E-state index contributed by atoms with van der Waals surface area (Å²) in [5, 5.41) is 4.22. The van der Waals surface area contributed by atoms with Gasteiger partial charge in [-0.3, -0.25) is 4.68 Å². The third-order valence-electron chi connectivity index (χ3n) is 3.67. The maximum atomic E-state index is 12.1. The van der Waals surface area contributed by atoms with Gasteiger partial charge in [-0.15, -0.1) is 0 Å². The summed E-state index contributed by atoms with van der Waals surface area (Å²) in [6, 6.07) is 0. The van der Waals surface area contributed by atoms with Gasteiger partial charge in [0.25, 0.3) is 0 Å². The Balaban J connectivity index is 1.95. The Morgan fingerprint density at radius 3 is 2.68 bits per heavy atom. The molecule has 1 atom stereocenters. The summed E-state index contributed by atoms with van der Waals surface area (Å²) in [5.41, 5.74) is 2.00. The zero-order valence-corrected chi connectivity index (χ0v) is 12.3. The van der Waals surface area contributed by atoms with Crippen LogP contribution in [0, 0.1) is 13.8 Å². The molecule has 0 N–H and O–H groups in total. The Morgan fingerprint density at radius 1 is 1.53 bits per heavy atom. The molecule has 1 aliphatic rings. The minimum Gasteiger partial charge on any atom is -0.459 e. The summed E-state index contributed by atoms with van der Waals surface area (Å²) in [5.74, 6) is -0.309. The number of aromatic nitrogens is 2. The molecule has 0 spiro atoms. The van der Waals surface area contributed by atoms with Gasteiger partial charge in [-0.05, 0) is 40.5 Å². The average Bonchev–Trinajstić information content (AvgIpc) is 2.77. The molecule has 0 saturated carbocycles. The molecule has 5 heteroatoms. The summed E-state index contributed by atoms with van der Waals surface area (Å²) in [7, 11) is 1.82. The highest BCUT2D eigenvalue weighted by Crippen LogP contribution is 2.29. The van der Waals surface area contributed by atoms with Crippen molar-refractivity contribution >= 4 is 5.97 Å². The van der Waals surface area contributed by atoms with E-state index < -0.39 is 0 Å². The average molecular weight is 266 g/mol. The molecule has 0 amide bonds. The van der Waals surface area contributed by atoms with Gasteiger partial charge in [0.2, 0.25) is 0 Å². The lowest BCUT2D eigenvalue weighted by Crippen LogP contribution is -2.24. The van der Waals surface area contributed by atoms with Crippen LogP contribution in [0.4, 0.5) is 0 Å². The second-order valence-corrected chi connectivity index (χ2v) is 5.81. The maximum absolute atomic E-state index is 12.1. The molecule has 1 aromatic rings. The Labute approximate surface area is 113 Å². The van der Waals surface area contributed by atoms with Crippen molar-refractivity contribution in [2.24, 2.45) is 7.05 Å². The van der Waals surface area contributed by atoms with E-state index in [4.69, 9.17) is 9.47 Å². The van der Waals surface area contributed by atoms with Gasteiger partial charge in [0, 0.05) is 12.7 Å². The number of aryl methyl sites for hydroxylation is 2. The molecule has 0 aromatic carbocycles. The van der Waals surface area contributed by atoms with Gasteiger partial charge in [0.05, 0.1) is 17.4 Å². The van der Waals surface area contributed by atoms with Crippen molar-refractivity contribution in [3.63, 3.8) is 0 Å². The van der Waals surface area contributed by atoms with Crippen LogP contribution in [0.25, 0.3) is 0 Å². The molecule has 1 aromatic heterocycles. The molecule has 2 rings (SSSR count). The van der Waals surface area contributed by atoms with Gasteiger partial charge in [0.1, 0.15) is 12.2 Å². The summed E-state index contributed by atoms with van der Waals surface area (Å²) < 4.78 is 12.9. The Morgan fingerprint density at radius 2 is 2.21 bits per heavy atom. The van der Waals surface area contributed by atoms with Crippen molar-refractivity contribution in [1.29, 1.82) is 0 Å². The molecule has 106 valence electrons. The van der Waals surface area contributed by atoms with Gasteiger partial charge in [-0.2, -0.15) is 5.10 Å². The third-order valence-corrected chi connectivity index (χ3v) is 3.67. The van der Waals surface area contributed by atoms with E-state index in [1.54, 1.807) is 4.68 Å². The van der Waals surface area contributed by atoms with Crippen LogP contribution < -0.4 is 0 Å². The van der Waals surface area contributed by atoms with Crippen molar-refractivity contribution in [1.82, 2.24) is 9.78 Å². The Hall–Kier alpha value is -1.36. The number of hydrogen-bond donors (Lipinski definition) is 0. The van der Waals surface area contributed by atoms with E-state index in [9.17, 15) is 4.79 Å². The lowest BCUT2D eigenvalue weighted by atomic mass is 10.1. The molecule has 1 aliphatic heterocycles. The van der Waals surface area contributed by atoms with Gasteiger partial charge in [-0.1, -0.05) is 0 Å². The lowest BCUT2D eigenvalue weighted by Gasteiger charge is -2.19. The summed E-state index contributed by atoms with van der Waals surface area (Å²) >= 11 is 0. The predicted molar refractivity (Wildman–Crippen MR) is 71.2 cm³/mol. The molecular formula is C14H22N2O3. The number of carbonyl (C=O) groups is 1. The van der Waals surface area contributed by atoms with Gasteiger partial charge in [0.15, 0.2) is 0 Å². The van der Waals surface area contributed by atoms with Crippen LogP contribution in [0.5, 0.6) is 0 Å². The van der Waals surface area contributed by atoms with Crippen LogP contribution in [0.3, 0.4) is 0 Å². The lowest BCUT2D eigenvalue weighted by molar-refractivity contribution is -0.0445. The first-order chi connectivity index (χ1) is 8.80. The smallest absolute Gasteiger partial charge is 0.341 e. The van der Waals surface area contributed by atoms with E-state index in [2.05, 4.69) is 18.9 Å². The van der Waals surface area contributed by atoms with Crippen molar-refractivity contribution in [3.8, 4) is 0 Å². The first-order valence-corrected chi connectivity index (χ1v) is 6.65. The van der Waals surface area contributed by atoms with Crippen LogP contribution in [-0.4, -0.2) is 34.1 Å². The van der Waals surface area contributed by atoms with Gasteiger partial charge in [-0.25, -0.2) is 4.79 Å². The Kier molecular flexibility index (Phi) is 3.67. The van der Waals surface area contributed by atoms with Crippen LogP contribution in [0.2, 0.25) is 0 Å². The molecule has 19 heavy (non-hydrogen) atoms. The fraction of sp³-hybridized carbons (Fsp3) is 0.714. The minimum atomic E-state index is -0.309. The molecule has 0 bridgehead atoms.